The van der Waals surface area contributed by atoms with E-state index in [4.69, 9.17) is 37.0 Å². The molecule has 6 atom stereocenters. The minimum Gasteiger partial charge on any atom is -0.462 e. The van der Waals surface area contributed by atoms with Gasteiger partial charge in [-0.1, -0.05) is 335 Å². The number of ether oxygens (including phenoxy) is 4. The maximum Gasteiger partial charge on any atom is 0.472 e. The zero-order valence-corrected chi connectivity index (χ0v) is 64.5. The van der Waals surface area contributed by atoms with E-state index in [1.165, 1.54) is 186 Å². The molecule has 0 amide bonds. The van der Waals surface area contributed by atoms with Gasteiger partial charge in [-0.05, 0) is 57.3 Å². The molecular formula is C78H148O17P2. The number of esters is 4. The maximum atomic E-state index is 13.1. The Hall–Kier alpha value is -2.46. The Morgan fingerprint density at radius 3 is 0.876 bits per heavy atom. The molecule has 572 valence electrons. The van der Waals surface area contributed by atoms with Gasteiger partial charge in [0, 0.05) is 25.7 Å². The van der Waals surface area contributed by atoms with Crippen LogP contribution < -0.4 is 0 Å². The monoisotopic (exact) mass is 1420 g/mol. The molecule has 0 saturated heterocycles. The first-order valence-corrected chi connectivity index (χ1v) is 43.0. The SMILES string of the molecule is CCCCCC/C=C\C=C/CCCCCCCC(=O)OC[C@H](COP(=O)(O)OC[C@@H](O)COP(=O)(O)OC[C@@H](COC(=O)CCCCCCCCC(C)CC)OC(=O)CCCCCCCCCCCCCC)OC(=O)CCCCCCCCCCCCCCCCCCCCCC. The van der Waals surface area contributed by atoms with Gasteiger partial charge in [-0.25, -0.2) is 9.13 Å². The van der Waals surface area contributed by atoms with Crippen molar-refractivity contribution >= 4 is 39.5 Å². The van der Waals surface area contributed by atoms with E-state index >= 15 is 0 Å². The smallest absolute Gasteiger partial charge is 0.462 e. The summed E-state index contributed by atoms with van der Waals surface area (Å²) in [4.78, 5) is 72.8. The van der Waals surface area contributed by atoms with E-state index in [0.29, 0.717) is 25.7 Å². The van der Waals surface area contributed by atoms with E-state index < -0.39 is 97.5 Å². The second kappa shape index (κ2) is 70.6. The van der Waals surface area contributed by atoms with Crippen LogP contribution in [0.3, 0.4) is 0 Å². The number of hydrogen-bond acceptors (Lipinski definition) is 15. The molecule has 17 nitrogen and oxygen atoms in total. The lowest BCUT2D eigenvalue weighted by molar-refractivity contribution is -0.161. The Balaban J connectivity index is 5.26. The van der Waals surface area contributed by atoms with Gasteiger partial charge in [0.15, 0.2) is 12.2 Å². The lowest BCUT2D eigenvalue weighted by Crippen LogP contribution is -2.30. The number of phosphoric ester groups is 2. The molecule has 3 unspecified atom stereocenters. The van der Waals surface area contributed by atoms with Crippen LogP contribution in [0.1, 0.15) is 388 Å². The van der Waals surface area contributed by atoms with Crippen LogP contribution in [0.4, 0.5) is 0 Å². The first-order chi connectivity index (χ1) is 47.1. The quantitative estimate of drug-likeness (QED) is 0.0169. The van der Waals surface area contributed by atoms with Gasteiger partial charge in [0.1, 0.15) is 19.3 Å². The highest BCUT2D eigenvalue weighted by atomic mass is 31.2. The Kier molecular flexibility index (Phi) is 68.8. The van der Waals surface area contributed by atoms with E-state index in [0.717, 1.165) is 121 Å². The largest absolute Gasteiger partial charge is 0.472 e. The van der Waals surface area contributed by atoms with Crippen molar-refractivity contribution in [2.24, 2.45) is 5.92 Å². The fourth-order valence-electron chi connectivity index (χ4n) is 11.5. The molecule has 0 bridgehead atoms. The molecule has 0 fully saturated rings. The summed E-state index contributed by atoms with van der Waals surface area (Å²) in [5.74, 6) is -1.41. The number of aliphatic hydroxyl groups excluding tert-OH is 1. The number of carbonyl (C=O) groups excluding carboxylic acids is 4. The third-order valence-electron chi connectivity index (χ3n) is 18.0. The lowest BCUT2D eigenvalue weighted by Gasteiger charge is -2.21. The summed E-state index contributed by atoms with van der Waals surface area (Å²) in [7, 11) is -9.92. The van der Waals surface area contributed by atoms with Crippen LogP contribution >= 0.6 is 15.6 Å². The molecule has 0 saturated carbocycles. The third-order valence-corrected chi connectivity index (χ3v) is 19.9. The van der Waals surface area contributed by atoms with Crippen LogP contribution in [-0.4, -0.2) is 96.7 Å². The number of aliphatic hydroxyl groups is 1. The molecule has 0 radical (unpaired) electrons. The number of rotatable bonds is 76. The third kappa shape index (κ3) is 70.4. The van der Waals surface area contributed by atoms with Crippen molar-refractivity contribution in [3.8, 4) is 0 Å². The van der Waals surface area contributed by atoms with Crippen molar-refractivity contribution in [3.05, 3.63) is 24.3 Å². The van der Waals surface area contributed by atoms with Crippen LogP contribution in [0.15, 0.2) is 24.3 Å². The van der Waals surface area contributed by atoms with Crippen molar-refractivity contribution in [3.63, 3.8) is 0 Å². The maximum absolute atomic E-state index is 13.1. The van der Waals surface area contributed by atoms with Gasteiger partial charge >= 0.3 is 39.5 Å². The summed E-state index contributed by atoms with van der Waals surface area (Å²) in [5.41, 5.74) is 0. The number of carbonyl (C=O) groups is 4. The van der Waals surface area contributed by atoms with Crippen LogP contribution in [0, 0.1) is 5.92 Å². The van der Waals surface area contributed by atoms with Gasteiger partial charge in [0.05, 0.1) is 26.4 Å². The Morgan fingerprint density at radius 2 is 0.577 bits per heavy atom. The van der Waals surface area contributed by atoms with Crippen molar-refractivity contribution in [2.75, 3.05) is 39.6 Å². The van der Waals surface area contributed by atoms with Gasteiger partial charge in [-0.15, -0.1) is 0 Å². The highest BCUT2D eigenvalue weighted by Crippen LogP contribution is 2.45. The van der Waals surface area contributed by atoms with E-state index in [1.807, 2.05) is 0 Å². The standard InChI is InChI=1S/C78H148O17P2/c1-6-10-13-16-19-22-25-28-30-31-32-33-34-36-38-41-44-47-54-59-64-78(83)94-73(67-88-75(80)61-56-51-45-42-40-37-35-29-26-23-20-17-14-11-7-2)69-92-96(84,85)90-65-72(79)66-91-97(86,87)93-70-74(68-89-76(81)62-57-52-49-48-50-55-60-71(5)9-4)95-77(82)63-58-53-46-43-39-27-24-21-18-15-12-8-3/h23,26,29,35,71-74,79H,6-22,24-25,27-28,30-34,36-70H2,1-5H3,(H,84,85)(H,86,87)/b26-23-,35-29-/t71?,72-,73-,74-/m1/s1. The fraction of sp³-hybridized carbons (Fsp3) is 0.897. The van der Waals surface area contributed by atoms with E-state index in [2.05, 4.69) is 58.9 Å². The fourth-order valence-corrected chi connectivity index (χ4v) is 13.1. The Bertz CT molecular complexity index is 1950. The van der Waals surface area contributed by atoms with E-state index in [-0.39, 0.29) is 25.7 Å². The summed E-state index contributed by atoms with van der Waals surface area (Å²) in [5, 5.41) is 10.6. The lowest BCUT2D eigenvalue weighted by atomic mass is 10.00. The molecule has 0 aliphatic heterocycles. The van der Waals surface area contributed by atoms with Crippen LogP contribution in [0.2, 0.25) is 0 Å². The van der Waals surface area contributed by atoms with Crippen molar-refractivity contribution < 1.29 is 80.2 Å². The van der Waals surface area contributed by atoms with Gasteiger partial charge in [0.25, 0.3) is 0 Å². The van der Waals surface area contributed by atoms with Gasteiger partial charge in [-0.3, -0.25) is 37.3 Å². The van der Waals surface area contributed by atoms with E-state index in [9.17, 15) is 43.2 Å². The molecule has 0 aromatic rings. The number of phosphoric acid groups is 2. The Labute approximate surface area is 592 Å². The summed E-state index contributed by atoms with van der Waals surface area (Å²) in [6.45, 7) is 7.19. The predicted molar refractivity (Wildman–Crippen MR) is 395 cm³/mol. The molecule has 0 aliphatic rings. The van der Waals surface area contributed by atoms with Crippen molar-refractivity contribution in [1.29, 1.82) is 0 Å². The summed E-state index contributed by atoms with van der Waals surface area (Å²) in [6.07, 6.45) is 63.3. The molecule has 0 aromatic heterocycles. The minimum atomic E-state index is -4.97. The summed E-state index contributed by atoms with van der Waals surface area (Å²) < 4.78 is 68.5. The Morgan fingerprint density at radius 1 is 0.330 bits per heavy atom. The van der Waals surface area contributed by atoms with Gasteiger partial charge in [-0.2, -0.15) is 0 Å². The molecular weight excluding hydrogens is 1270 g/mol. The topological polar surface area (TPSA) is 237 Å². The number of unbranched alkanes of at least 4 members (excludes halogenated alkanes) is 44. The molecule has 97 heavy (non-hydrogen) atoms. The summed E-state index contributed by atoms with van der Waals surface area (Å²) in [6, 6.07) is 0. The second-order valence-corrected chi connectivity index (χ2v) is 30.6. The van der Waals surface area contributed by atoms with Crippen LogP contribution in [-0.2, 0) is 65.4 Å². The van der Waals surface area contributed by atoms with Crippen molar-refractivity contribution in [1.82, 2.24) is 0 Å². The molecule has 0 heterocycles. The predicted octanol–water partition coefficient (Wildman–Crippen LogP) is 22.8. The van der Waals surface area contributed by atoms with Gasteiger partial charge < -0.3 is 33.8 Å². The first kappa shape index (κ1) is 94.5. The van der Waals surface area contributed by atoms with Crippen molar-refractivity contribution in [2.45, 2.75) is 406 Å². The molecule has 0 aliphatic carbocycles. The zero-order chi connectivity index (χ0) is 71.2. The number of allylic oxidation sites excluding steroid dienone is 4. The second-order valence-electron chi connectivity index (χ2n) is 27.7. The molecule has 3 N–H and O–H groups in total. The minimum absolute atomic E-state index is 0.102. The van der Waals surface area contributed by atoms with Gasteiger partial charge in [0.2, 0.25) is 0 Å². The average molecular weight is 1420 g/mol. The highest BCUT2D eigenvalue weighted by Gasteiger charge is 2.30. The zero-order valence-electron chi connectivity index (χ0n) is 62.7. The number of hydrogen-bond donors (Lipinski definition) is 3. The normalized spacial score (nSPS) is 14.4. The first-order valence-electron chi connectivity index (χ1n) is 40.0. The molecule has 0 spiro atoms. The molecule has 0 aromatic carbocycles. The van der Waals surface area contributed by atoms with Crippen LogP contribution in [0.5, 0.6) is 0 Å². The van der Waals surface area contributed by atoms with E-state index in [1.54, 1.807) is 0 Å². The van der Waals surface area contributed by atoms with Crippen LogP contribution in [0.25, 0.3) is 0 Å². The molecule has 0 rings (SSSR count). The molecule has 19 heteroatoms. The summed E-state index contributed by atoms with van der Waals surface area (Å²) >= 11 is 0. The average Bonchev–Trinajstić information content (AvgIpc) is 1.39. The highest BCUT2D eigenvalue weighted by molar-refractivity contribution is 7.47.